The molecule has 0 unspecified atom stereocenters. The molecule has 3 aromatic rings. The van der Waals surface area contributed by atoms with E-state index in [2.05, 4.69) is 46.9 Å². The fraction of sp³-hybridized carbons (Fsp3) is 0.480. The molecule has 0 fully saturated rings. The van der Waals surface area contributed by atoms with Gasteiger partial charge in [0.1, 0.15) is 24.3 Å². The Hall–Kier alpha value is -2.97. The summed E-state index contributed by atoms with van der Waals surface area (Å²) in [7, 11) is 2.04. The quantitative estimate of drug-likeness (QED) is 0.477. The van der Waals surface area contributed by atoms with Gasteiger partial charge in [-0.3, -0.25) is 0 Å². The van der Waals surface area contributed by atoms with Crippen molar-refractivity contribution >= 4 is 5.82 Å². The van der Waals surface area contributed by atoms with Crippen LogP contribution in [0.15, 0.2) is 28.9 Å². The Balaban J connectivity index is 1.90. The van der Waals surface area contributed by atoms with Crippen LogP contribution in [0.25, 0.3) is 22.8 Å². The summed E-state index contributed by atoms with van der Waals surface area (Å²) in [4.78, 5) is 11.4. The molecule has 2 heterocycles. The molecule has 0 aliphatic heterocycles. The number of hydrogen-bond donors (Lipinski definition) is 2. The Morgan fingerprint density at radius 2 is 1.79 bits per heavy atom. The van der Waals surface area contributed by atoms with Gasteiger partial charge < -0.3 is 24.4 Å². The van der Waals surface area contributed by atoms with Crippen LogP contribution in [0.3, 0.4) is 0 Å². The van der Waals surface area contributed by atoms with Crippen LogP contribution in [0.5, 0.6) is 5.75 Å². The standard InChI is InChI=1S/C25H34N4O4/c1-7-17-10-19(9-16(5)22(17)32-14-21(31)13-30)23-27-25(33-28-23)20-11-18(8-2)24(26-12-20)29(6)15(3)4/h9-12,15,21,30-31H,7-8,13-14H2,1-6H3/t21-/m0/s1. The lowest BCUT2D eigenvalue weighted by molar-refractivity contribution is 0.0531. The maximum Gasteiger partial charge on any atom is 0.259 e. The summed E-state index contributed by atoms with van der Waals surface area (Å²) in [5, 5.41) is 22.8. The molecule has 0 bridgehead atoms. The molecule has 0 amide bonds. The molecule has 0 saturated heterocycles. The Morgan fingerprint density at radius 1 is 1.09 bits per heavy atom. The average Bonchev–Trinajstić information content (AvgIpc) is 3.32. The van der Waals surface area contributed by atoms with E-state index < -0.39 is 6.10 Å². The molecular formula is C25H34N4O4. The van der Waals surface area contributed by atoms with Gasteiger partial charge in [-0.15, -0.1) is 0 Å². The van der Waals surface area contributed by atoms with Crippen LogP contribution in [0, 0.1) is 6.92 Å². The van der Waals surface area contributed by atoms with Gasteiger partial charge in [-0.2, -0.15) is 4.98 Å². The number of aromatic nitrogens is 3. The Labute approximate surface area is 195 Å². The van der Waals surface area contributed by atoms with Crippen molar-refractivity contribution in [3.8, 4) is 28.6 Å². The first kappa shape index (κ1) is 24.7. The molecule has 8 heteroatoms. The lowest BCUT2D eigenvalue weighted by atomic mass is 10.0. The van der Waals surface area contributed by atoms with Crippen molar-refractivity contribution in [3.05, 3.63) is 41.1 Å². The zero-order valence-corrected chi connectivity index (χ0v) is 20.3. The maximum absolute atomic E-state index is 9.61. The molecule has 0 spiro atoms. The largest absolute Gasteiger partial charge is 0.490 e. The van der Waals surface area contributed by atoms with E-state index in [1.54, 1.807) is 6.20 Å². The third-order valence-electron chi connectivity index (χ3n) is 5.73. The van der Waals surface area contributed by atoms with E-state index in [-0.39, 0.29) is 13.2 Å². The van der Waals surface area contributed by atoms with Crippen LogP contribution < -0.4 is 9.64 Å². The van der Waals surface area contributed by atoms with Crippen LogP contribution in [0.1, 0.15) is 44.4 Å². The highest BCUT2D eigenvalue weighted by molar-refractivity contribution is 5.65. The summed E-state index contributed by atoms with van der Waals surface area (Å²) in [6, 6.07) is 6.31. The summed E-state index contributed by atoms with van der Waals surface area (Å²) >= 11 is 0. The van der Waals surface area contributed by atoms with Gasteiger partial charge in [0.05, 0.1) is 12.2 Å². The second kappa shape index (κ2) is 10.8. The molecule has 1 aromatic carbocycles. The molecule has 2 N–H and O–H groups in total. The Bertz CT molecular complexity index is 1080. The molecule has 0 radical (unpaired) electrons. The fourth-order valence-electron chi connectivity index (χ4n) is 3.58. The number of pyridine rings is 1. The predicted octanol–water partition coefficient (Wildman–Crippen LogP) is 3.81. The van der Waals surface area contributed by atoms with Crippen molar-refractivity contribution in [2.24, 2.45) is 0 Å². The summed E-state index contributed by atoms with van der Waals surface area (Å²) in [5.74, 6) is 2.58. The minimum absolute atomic E-state index is 0.0325. The van der Waals surface area contributed by atoms with Gasteiger partial charge in [-0.05, 0) is 68.5 Å². The molecule has 1 atom stereocenters. The zero-order valence-electron chi connectivity index (χ0n) is 20.3. The van der Waals surface area contributed by atoms with E-state index in [0.717, 1.165) is 46.5 Å². The van der Waals surface area contributed by atoms with Gasteiger partial charge in [-0.25, -0.2) is 4.98 Å². The lowest BCUT2D eigenvalue weighted by Crippen LogP contribution is -2.27. The van der Waals surface area contributed by atoms with Crippen LogP contribution in [-0.4, -0.2) is 57.7 Å². The van der Waals surface area contributed by atoms with Gasteiger partial charge in [0.2, 0.25) is 5.82 Å². The molecule has 8 nitrogen and oxygen atoms in total. The highest BCUT2D eigenvalue weighted by atomic mass is 16.5. The lowest BCUT2D eigenvalue weighted by Gasteiger charge is -2.25. The average molecular weight is 455 g/mol. The minimum atomic E-state index is -0.915. The van der Waals surface area contributed by atoms with E-state index in [9.17, 15) is 5.11 Å². The molecule has 0 aliphatic rings. The van der Waals surface area contributed by atoms with Crippen LogP contribution in [0.4, 0.5) is 5.82 Å². The number of hydrogen-bond acceptors (Lipinski definition) is 8. The summed E-state index contributed by atoms with van der Waals surface area (Å²) in [6.45, 7) is 10.0. The van der Waals surface area contributed by atoms with Crippen molar-refractivity contribution in [1.82, 2.24) is 15.1 Å². The molecule has 0 aliphatic carbocycles. The van der Waals surface area contributed by atoms with E-state index >= 15 is 0 Å². The highest BCUT2D eigenvalue weighted by Crippen LogP contribution is 2.32. The topological polar surface area (TPSA) is 105 Å². The summed E-state index contributed by atoms with van der Waals surface area (Å²) in [6.07, 6.45) is 2.44. The maximum atomic E-state index is 9.61. The highest BCUT2D eigenvalue weighted by Gasteiger charge is 2.18. The Morgan fingerprint density at radius 3 is 2.42 bits per heavy atom. The first-order chi connectivity index (χ1) is 15.8. The first-order valence-electron chi connectivity index (χ1n) is 11.4. The van der Waals surface area contributed by atoms with Crippen molar-refractivity contribution in [2.75, 3.05) is 25.2 Å². The van der Waals surface area contributed by atoms with Crippen molar-refractivity contribution in [1.29, 1.82) is 0 Å². The molecule has 0 saturated carbocycles. The predicted molar refractivity (Wildman–Crippen MR) is 129 cm³/mol. The molecule has 2 aromatic heterocycles. The van der Waals surface area contributed by atoms with Crippen LogP contribution in [-0.2, 0) is 12.8 Å². The smallest absolute Gasteiger partial charge is 0.259 e. The molecule has 33 heavy (non-hydrogen) atoms. The number of anilines is 1. The SMILES string of the molecule is CCc1cc(-c2nc(-c3cc(C)c(OC[C@@H](O)CO)c(CC)c3)no2)cnc1N(C)C(C)C. The number of aliphatic hydroxyl groups is 2. The first-order valence-corrected chi connectivity index (χ1v) is 11.4. The van der Waals surface area contributed by atoms with E-state index in [1.165, 1.54) is 0 Å². The van der Waals surface area contributed by atoms with Gasteiger partial charge in [0, 0.05) is 24.8 Å². The second-order valence-electron chi connectivity index (χ2n) is 8.47. The molecule has 178 valence electrons. The van der Waals surface area contributed by atoms with Crippen molar-refractivity contribution < 1.29 is 19.5 Å². The van der Waals surface area contributed by atoms with Crippen LogP contribution in [0.2, 0.25) is 0 Å². The second-order valence-corrected chi connectivity index (χ2v) is 8.47. The van der Waals surface area contributed by atoms with Gasteiger partial charge in [-0.1, -0.05) is 19.0 Å². The Kier molecular flexibility index (Phi) is 8.05. The van der Waals surface area contributed by atoms with E-state index in [4.69, 9.17) is 14.4 Å². The molecular weight excluding hydrogens is 420 g/mol. The number of benzene rings is 1. The number of aliphatic hydroxyl groups excluding tert-OH is 2. The van der Waals surface area contributed by atoms with Crippen molar-refractivity contribution in [2.45, 2.75) is 59.6 Å². The van der Waals surface area contributed by atoms with Crippen molar-refractivity contribution in [3.63, 3.8) is 0 Å². The van der Waals surface area contributed by atoms with E-state index in [0.29, 0.717) is 23.5 Å². The molecule has 3 rings (SSSR count). The van der Waals surface area contributed by atoms with E-state index in [1.807, 2.05) is 33.0 Å². The monoisotopic (exact) mass is 454 g/mol. The van der Waals surface area contributed by atoms with Gasteiger partial charge in [0.15, 0.2) is 0 Å². The fourth-order valence-corrected chi connectivity index (χ4v) is 3.58. The number of rotatable bonds is 10. The zero-order chi connectivity index (χ0) is 24.1. The third kappa shape index (κ3) is 5.51. The third-order valence-corrected chi connectivity index (χ3v) is 5.73. The van der Waals surface area contributed by atoms with Crippen LogP contribution >= 0.6 is 0 Å². The summed E-state index contributed by atoms with van der Waals surface area (Å²) in [5.41, 5.74) is 4.61. The number of aryl methyl sites for hydroxylation is 3. The van der Waals surface area contributed by atoms with Gasteiger partial charge >= 0.3 is 0 Å². The van der Waals surface area contributed by atoms with Gasteiger partial charge in [0.25, 0.3) is 5.89 Å². The normalized spacial score (nSPS) is 12.3. The number of ether oxygens (including phenoxy) is 1. The summed E-state index contributed by atoms with van der Waals surface area (Å²) < 4.78 is 11.3. The minimum Gasteiger partial charge on any atom is -0.490 e. The number of nitrogens with zero attached hydrogens (tertiary/aromatic N) is 4.